The summed E-state index contributed by atoms with van der Waals surface area (Å²) in [5.41, 5.74) is 0. The van der Waals surface area contributed by atoms with Gasteiger partial charge >= 0.3 is 0 Å². The number of rotatable bonds is 2. The van der Waals surface area contributed by atoms with Crippen LogP contribution in [0.15, 0.2) is 0 Å². The van der Waals surface area contributed by atoms with Crippen molar-refractivity contribution >= 4 is 5.91 Å². The number of hydrogen-bond donors (Lipinski definition) is 1. The van der Waals surface area contributed by atoms with Crippen molar-refractivity contribution in [3.63, 3.8) is 0 Å². The van der Waals surface area contributed by atoms with Gasteiger partial charge in [0.1, 0.15) is 6.10 Å². The van der Waals surface area contributed by atoms with Gasteiger partial charge in [0.15, 0.2) is 0 Å². The Labute approximate surface area is 115 Å². The third kappa shape index (κ3) is 2.95. The molecule has 2 aliphatic heterocycles. The van der Waals surface area contributed by atoms with E-state index in [1.807, 2.05) is 0 Å². The molecule has 1 aliphatic carbocycles. The Kier molecular flexibility index (Phi) is 4.38. The first kappa shape index (κ1) is 13.4. The lowest BCUT2D eigenvalue weighted by molar-refractivity contribution is -0.147. The lowest BCUT2D eigenvalue weighted by atomic mass is 9.83. The van der Waals surface area contributed by atoms with Gasteiger partial charge in [0.05, 0.1) is 6.61 Å². The molecule has 0 aromatic carbocycles. The normalized spacial score (nSPS) is 33.6. The monoisotopic (exact) mass is 266 g/mol. The second-order valence-corrected chi connectivity index (χ2v) is 6.20. The first-order valence-corrected chi connectivity index (χ1v) is 7.99. The molecule has 0 bridgehead atoms. The van der Waals surface area contributed by atoms with Gasteiger partial charge in [-0.1, -0.05) is 19.3 Å². The third-order valence-corrected chi connectivity index (χ3v) is 4.98. The van der Waals surface area contributed by atoms with Crippen LogP contribution in [0.2, 0.25) is 0 Å². The first-order chi connectivity index (χ1) is 9.36. The Morgan fingerprint density at radius 1 is 1.11 bits per heavy atom. The number of amides is 1. The second kappa shape index (κ2) is 6.23. The van der Waals surface area contributed by atoms with Crippen LogP contribution in [0.25, 0.3) is 0 Å². The molecule has 0 spiro atoms. The first-order valence-electron chi connectivity index (χ1n) is 7.99. The lowest BCUT2D eigenvalue weighted by Crippen LogP contribution is -2.52. The molecule has 3 aliphatic rings. The molecule has 1 saturated carbocycles. The van der Waals surface area contributed by atoms with Crippen LogP contribution >= 0.6 is 0 Å². The fraction of sp³-hybridized carbons (Fsp3) is 0.933. The van der Waals surface area contributed by atoms with Crippen molar-refractivity contribution in [2.45, 2.75) is 57.1 Å². The fourth-order valence-electron chi connectivity index (χ4n) is 3.98. The van der Waals surface area contributed by atoms with E-state index in [0.717, 1.165) is 19.0 Å². The van der Waals surface area contributed by atoms with Crippen LogP contribution < -0.4 is 5.32 Å². The number of carbonyl (C=O) groups is 1. The largest absolute Gasteiger partial charge is 0.366 e. The zero-order valence-corrected chi connectivity index (χ0v) is 11.8. The quantitative estimate of drug-likeness (QED) is 0.824. The van der Waals surface area contributed by atoms with E-state index in [1.165, 1.54) is 44.9 Å². The topological polar surface area (TPSA) is 41.6 Å². The molecule has 0 aromatic rings. The minimum atomic E-state index is -0.238. The predicted octanol–water partition coefficient (Wildman–Crippen LogP) is 1.55. The highest BCUT2D eigenvalue weighted by atomic mass is 16.5. The Bertz CT molecular complexity index is 309. The molecule has 3 rings (SSSR count). The van der Waals surface area contributed by atoms with Crippen molar-refractivity contribution in [1.82, 2.24) is 10.2 Å². The van der Waals surface area contributed by atoms with Gasteiger partial charge in [-0.3, -0.25) is 4.79 Å². The summed E-state index contributed by atoms with van der Waals surface area (Å²) in [6, 6.07) is 0.498. The second-order valence-electron chi connectivity index (χ2n) is 6.20. The van der Waals surface area contributed by atoms with E-state index in [2.05, 4.69) is 10.2 Å². The predicted molar refractivity (Wildman–Crippen MR) is 73.9 cm³/mol. The zero-order valence-electron chi connectivity index (χ0n) is 11.8. The average Bonchev–Trinajstić information content (AvgIpc) is 2.98. The number of ether oxygens (including phenoxy) is 1. The highest BCUT2D eigenvalue weighted by molar-refractivity contribution is 5.82. The van der Waals surface area contributed by atoms with E-state index < -0.39 is 0 Å². The summed E-state index contributed by atoms with van der Waals surface area (Å²) in [5.74, 6) is 0.983. The van der Waals surface area contributed by atoms with Gasteiger partial charge < -0.3 is 15.0 Å². The van der Waals surface area contributed by atoms with E-state index in [4.69, 9.17) is 4.74 Å². The van der Waals surface area contributed by atoms with Gasteiger partial charge in [0.2, 0.25) is 0 Å². The maximum atomic E-state index is 12.6. The molecule has 4 nitrogen and oxygen atoms in total. The highest BCUT2D eigenvalue weighted by Gasteiger charge is 2.38. The molecular formula is C15H26N2O2. The molecule has 0 radical (unpaired) electrons. The number of likely N-dealkylation sites (tertiary alicyclic amines) is 1. The van der Waals surface area contributed by atoms with Gasteiger partial charge in [-0.05, 0) is 31.6 Å². The molecular weight excluding hydrogens is 240 g/mol. The van der Waals surface area contributed by atoms with Gasteiger partial charge in [-0.2, -0.15) is 0 Å². The smallest absolute Gasteiger partial charge is 0.253 e. The molecule has 2 unspecified atom stereocenters. The standard InChI is InChI=1S/C15H26N2O2/c18-15(14-11-16-8-10-19-14)17-9-4-7-13(17)12-5-2-1-3-6-12/h12-14,16H,1-11H2. The minimum absolute atomic E-state index is 0.236. The Balaban J connectivity index is 1.62. The summed E-state index contributed by atoms with van der Waals surface area (Å²) in [6.07, 6.45) is 8.86. The van der Waals surface area contributed by atoms with E-state index in [-0.39, 0.29) is 12.0 Å². The molecule has 108 valence electrons. The molecule has 2 heterocycles. The molecule has 2 atom stereocenters. The summed E-state index contributed by atoms with van der Waals surface area (Å²) >= 11 is 0. The van der Waals surface area contributed by atoms with Crippen LogP contribution in [0.5, 0.6) is 0 Å². The van der Waals surface area contributed by atoms with Crippen LogP contribution in [0.3, 0.4) is 0 Å². The van der Waals surface area contributed by atoms with E-state index >= 15 is 0 Å². The molecule has 1 amide bonds. The Hall–Kier alpha value is -0.610. The summed E-state index contributed by atoms with van der Waals surface area (Å²) in [4.78, 5) is 14.8. The summed E-state index contributed by atoms with van der Waals surface area (Å²) in [7, 11) is 0. The van der Waals surface area contributed by atoms with Gasteiger partial charge in [0, 0.05) is 25.7 Å². The van der Waals surface area contributed by atoms with Crippen molar-refractivity contribution in [3.05, 3.63) is 0 Å². The molecule has 1 N–H and O–H groups in total. The van der Waals surface area contributed by atoms with Crippen molar-refractivity contribution < 1.29 is 9.53 Å². The Morgan fingerprint density at radius 3 is 2.68 bits per heavy atom. The van der Waals surface area contributed by atoms with E-state index in [0.29, 0.717) is 19.2 Å². The van der Waals surface area contributed by atoms with Crippen molar-refractivity contribution in [2.75, 3.05) is 26.2 Å². The van der Waals surface area contributed by atoms with Crippen molar-refractivity contribution in [3.8, 4) is 0 Å². The molecule has 2 saturated heterocycles. The van der Waals surface area contributed by atoms with Crippen LogP contribution in [0.1, 0.15) is 44.9 Å². The summed E-state index contributed by atoms with van der Waals surface area (Å²) in [6.45, 7) is 3.17. The van der Waals surface area contributed by atoms with E-state index in [1.54, 1.807) is 0 Å². The SMILES string of the molecule is O=C(C1CNCCO1)N1CCCC1C1CCCCC1. The molecule has 0 aromatic heterocycles. The van der Waals surface area contributed by atoms with Crippen LogP contribution in [-0.2, 0) is 9.53 Å². The maximum Gasteiger partial charge on any atom is 0.253 e. The van der Waals surface area contributed by atoms with Crippen LogP contribution in [0.4, 0.5) is 0 Å². The number of morpholine rings is 1. The van der Waals surface area contributed by atoms with Gasteiger partial charge in [-0.15, -0.1) is 0 Å². The number of hydrogen-bond acceptors (Lipinski definition) is 3. The summed E-state index contributed by atoms with van der Waals surface area (Å²) < 4.78 is 5.63. The van der Waals surface area contributed by atoms with Gasteiger partial charge in [-0.25, -0.2) is 0 Å². The van der Waals surface area contributed by atoms with E-state index in [9.17, 15) is 4.79 Å². The maximum absolute atomic E-state index is 12.6. The molecule has 4 heteroatoms. The highest BCUT2D eigenvalue weighted by Crippen LogP contribution is 2.34. The average molecular weight is 266 g/mol. The molecule has 19 heavy (non-hydrogen) atoms. The summed E-state index contributed by atoms with van der Waals surface area (Å²) in [5, 5.41) is 3.26. The van der Waals surface area contributed by atoms with Crippen molar-refractivity contribution in [1.29, 1.82) is 0 Å². The number of carbonyl (C=O) groups excluding carboxylic acids is 1. The van der Waals surface area contributed by atoms with Crippen LogP contribution in [-0.4, -0.2) is 49.2 Å². The van der Waals surface area contributed by atoms with Crippen LogP contribution in [0, 0.1) is 5.92 Å². The fourth-order valence-corrected chi connectivity index (χ4v) is 3.98. The van der Waals surface area contributed by atoms with Crippen molar-refractivity contribution in [2.24, 2.45) is 5.92 Å². The zero-order chi connectivity index (χ0) is 13.1. The number of nitrogens with one attached hydrogen (secondary N) is 1. The molecule has 3 fully saturated rings. The minimum Gasteiger partial charge on any atom is -0.366 e. The van der Waals surface area contributed by atoms with Gasteiger partial charge in [0.25, 0.3) is 5.91 Å². The third-order valence-electron chi connectivity index (χ3n) is 4.98. The lowest BCUT2D eigenvalue weighted by Gasteiger charge is -2.36. The number of nitrogens with zero attached hydrogens (tertiary/aromatic N) is 1. The Morgan fingerprint density at radius 2 is 1.95 bits per heavy atom.